The Morgan fingerprint density at radius 2 is 2.28 bits per heavy atom. The van der Waals surface area contributed by atoms with Gasteiger partial charge in [-0.05, 0) is 6.07 Å². The van der Waals surface area contributed by atoms with Crippen LogP contribution in [0.1, 0.15) is 10.4 Å². The van der Waals surface area contributed by atoms with E-state index in [0.29, 0.717) is 13.1 Å². The van der Waals surface area contributed by atoms with Crippen LogP contribution in [0.15, 0.2) is 11.4 Å². The maximum absolute atomic E-state index is 11.7. The number of hydrogen-bond donors (Lipinski definition) is 1. The number of urea groups is 1. The van der Waals surface area contributed by atoms with E-state index < -0.39 is 0 Å². The van der Waals surface area contributed by atoms with Gasteiger partial charge in [-0.15, -0.1) is 11.3 Å². The van der Waals surface area contributed by atoms with Gasteiger partial charge in [-0.2, -0.15) is 0 Å². The van der Waals surface area contributed by atoms with Crippen molar-refractivity contribution in [2.75, 3.05) is 20.1 Å². The van der Waals surface area contributed by atoms with Crippen LogP contribution < -0.4 is 5.73 Å². The van der Waals surface area contributed by atoms with Gasteiger partial charge in [0, 0.05) is 22.9 Å². The normalized spacial score (nSPS) is 15.0. The Labute approximate surface area is 109 Å². The number of hydrogen-bond acceptors (Lipinski definition) is 4. The zero-order valence-corrected chi connectivity index (χ0v) is 10.8. The molecular weight excluding hydrogens is 250 g/mol. The molecule has 3 amide bonds. The second-order valence-electron chi connectivity index (χ2n) is 3.93. The summed E-state index contributed by atoms with van der Waals surface area (Å²) in [7, 11) is 1.62. The van der Waals surface area contributed by atoms with Crippen molar-refractivity contribution in [2.45, 2.75) is 6.54 Å². The molecule has 1 aliphatic rings. The smallest absolute Gasteiger partial charge is 0.320 e. The molecule has 0 aliphatic carbocycles. The highest BCUT2D eigenvalue weighted by Crippen LogP contribution is 2.19. The Morgan fingerprint density at radius 3 is 2.89 bits per heavy atom. The van der Waals surface area contributed by atoms with Crippen molar-refractivity contribution < 1.29 is 9.59 Å². The number of carbonyl (C=O) groups excluding carboxylic acids is 2. The standard InChI is InChI=1S/C12H13N3O2S/c1-14-7-11(16)15(12(14)17)6-10-5-9(8-18-10)3-2-4-13/h5,8H,4,6-7,13H2,1H3. The third-order valence-electron chi connectivity index (χ3n) is 2.53. The highest BCUT2D eigenvalue weighted by atomic mass is 32.1. The van der Waals surface area contributed by atoms with E-state index in [1.165, 1.54) is 21.1 Å². The van der Waals surface area contributed by atoms with Crippen LogP contribution in [-0.4, -0.2) is 41.9 Å². The quantitative estimate of drug-likeness (QED) is 0.622. The molecule has 2 heterocycles. The summed E-state index contributed by atoms with van der Waals surface area (Å²) in [6.45, 7) is 0.792. The van der Waals surface area contributed by atoms with Gasteiger partial charge in [-0.1, -0.05) is 11.8 Å². The van der Waals surface area contributed by atoms with Gasteiger partial charge >= 0.3 is 6.03 Å². The zero-order chi connectivity index (χ0) is 13.1. The molecule has 6 heteroatoms. The van der Waals surface area contributed by atoms with Crippen LogP contribution in [-0.2, 0) is 11.3 Å². The van der Waals surface area contributed by atoms with Crippen molar-refractivity contribution in [3.63, 3.8) is 0 Å². The highest BCUT2D eigenvalue weighted by Gasteiger charge is 2.33. The van der Waals surface area contributed by atoms with E-state index in [9.17, 15) is 9.59 Å². The lowest BCUT2D eigenvalue weighted by atomic mass is 10.3. The van der Waals surface area contributed by atoms with Crippen molar-refractivity contribution in [3.05, 3.63) is 21.9 Å². The first kappa shape index (κ1) is 12.6. The maximum Gasteiger partial charge on any atom is 0.327 e. The van der Waals surface area contributed by atoms with Crippen molar-refractivity contribution in [1.29, 1.82) is 0 Å². The minimum atomic E-state index is -0.247. The van der Waals surface area contributed by atoms with E-state index in [1.54, 1.807) is 7.05 Å². The van der Waals surface area contributed by atoms with E-state index in [4.69, 9.17) is 5.73 Å². The summed E-state index contributed by atoms with van der Waals surface area (Å²) in [5.74, 6) is 5.52. The molecule has 1 aromatic heterocycles. The Kier molecular flexibility index (Phi) is 3.65. The minimum Gasteiger partial charge on any atom is -0.320 e. The van der Waals surface area contributed by atoms with Gasteiger partial charge in [-0.3, -0.25) is 9.69 Å². The van der Waals surface area contributed by atoms with Gasteiger partial charge in [-0.25, -0.2) is 4.79 Å². The largest absolute Gasteiger partial charge is 0.327 e. The molecule has 0 atom stereocenters. The summed E-state index contributed by atoms with van der Waals surface area (Å²) < 4.78 is 0. The van der Waals surface area contributed by atoms with Crippen LogP contribution in [0, 0.1) is 11.8 Å². The first-order chi connectivity index (χ1) is 8.61. The summed E-state index contributed by atoms with van der Waals surface area (Å²) in [5, 5.41) is 1.90. The van der Waals surface area contributed by atoms with Gasteiger partial charge < -0.3 is 10.6 Å². The van der Waals surface area contributed by atoms with Crippen molar-refractivity contribution in [2.24, 2.45) is 5.73 Å². The molecule has 5 nitrogen and oxygen atoms in total. The van der Waals surface area contributed by atoms with Crippen LogP contribution in [0.25, 0.3) is 0 Å². The molecule has 0 bridgehead atoms. The topological polar surface area (TPSA) is 66.6 Å². The summed E-state index contributed by atoms with van der Waals surface area (Å²) in [4.78, 5) is 26.9. The van der Waals surface area contributed by atoms with Gasteiger partial charge in [0.05, 0.1) is 13.1 Å². The second kappa shape index (κ2) is 5.21. The highest BCUT2D eigenvalue weighted by molar-refractivity contribution is 7.10. The average Bonchev–Trinajstić information content (AvgIpc) is 2.88. The van der Waals surface area contributed by atoms with E-state index in [-0.39, 0.29) is 18.5 Å². The first-order valence-corrected chi connectivity index (χ1v) is 6.31. The lowest BCUT2D eigenvalue weighted by molar-refractivity contribution is -0.125. The monoisotopic (exact) mass is 263 g/mol. The molecule has 1 aromatic rings. The van der Waals surface area contributed by atoms with E-state index in [0.717, 1.165) is 10.4 Å². The molecule has 0 spiro atoms. The van der Waals surface area contributed by atoms with Gasteiger partial charge in [0.25, 0.3) is 5.91 Å². The Morgan fingerprint density at radius 1 is 1.50 bits per heavy atom. The second-order valence-corrected chi connectivity index (χ2v) is 4.92. The summed E-state index contributed by atoms with van der Waals surface area (Å²) in [5.41, 5.74) is 6.16. The lowest BCUT2D eigenvalue weighted by Crippen LogP contribution is -2.30. The molecule has 2 rings (SSSR count). The molecule has 0 radical (unpaired) electrons. The number of imide groups is 1. The lowest BCUT2D eigenvalue weighted by Gasteiger charge is -2.12. The fourth-order valence-electron chi connectivity index (χ4n) is 1.66. The molecule has 0 unspecified atom stereocenters. The fourth-order valence-corrected chi connectivity index (χ4v) is 2.47. The fraction of sp³-hybridized carbons (Fsp3) is 0.333. The van der Waals surface area contributed by atoms with E-state index in [1.807, 2.05) is 11.4 Å². The van der Waals surface area contributed by atoms with Crippen LogP contribution in [0.2, 0.25) is 0 Å². The number of nitrogens with zero attached hydrogens (tertiary/aromatic N) is 2. The molecule has 94 valence electrons. The summed E-state index contributed by atoms with van der Waals surface area (Å²) in [6, 6.07) is 1.63. The summed E-state index contributed by atoms with van der Waals surface area (Å²) >= 11 is 1.48. The number of likely N-dealkylation sites (N-methyl/N-ethyl adjacent to an activating group) is 1. The van der Waals surface area contributed by atoms with E-state index >= 15 is 0 Å². The molecule has 1 fully saturated rings. The predicted molar refractivity (Wildman–Crippen MR) is 68.8 cm³/mol. The van der Waals surface area contributed by atoms with Gasteiger partial charge in [0.2, 0.25) is 0 Å². The Hall–Kier alpha value is -1.84. The van der Waals surface area contributed by atoms with Crippen LogP contribution >= 0.6 is 11.3 Å². The maximum atomic E-state index is 11.7. The number of nitrogens with two attached hydrogens (primary N) is 1. The van der Waals surface area contributed by atoms with Crippen LogP contribution in [0.3, 0.4) is 0 Å². The van der Waals surface area contributed by atoms with Crippen molar-refractivity contribution in [1.82, 2.24) is 9.80 Å². The SMILES string of the molecule is CN1CC(=O)N(Cc2cc(C#CCN)cs2)C1=O. The molecule has 0 saturated carbocycles. The Balaban J connectivity index is 2.08. The average molecular weight is 263 g/mol. The molecule has 18 heavy (non-hydrogen) atoms. The molecule has 2 N–H and O–H groups in total. The molecule has 1 saturated heterocycles. The number of thiophene rings is 1. The predicted octanol–water partition coefficient (Wildman–Crippen LogP) is 0.452. The third-order valence-corrected chi connectivity index (χ3v) is 3.45. The van der Waals surface area contributed by atoms with Gasteiger partial charge in [0.1, 0.15) is 6.54 Å². The van der Waals surface area contributed by atoms with Crippen molar-refractivity contribution >= 4 is 23.3 Å². The number of carbonyl (C=O) groups is 2. The van der Waals surface area contributed by atoms with Gasteiger partial charge in [0.15, 0.2) is 0 Å². The Bertz CT molecular complexity index is 541. The minimum absolute atomic E-state index is 0.157. The molecule has 1 aliphatic heterocycles. The van der Waals surface area contributed by atoms with Crippen LogP contribution in [0.5, 0.6) is 0 Å². The zero-order valence-electron chi connectivity index (χ0n) is 9.97. The first-order valence-electron chi connectivity index (χ1n) is 5.43. The molecular formula is C12H13N3O2S. The van der Waals surface area contributed by atoms with Crippen LogP contribution in [0.4, 0.5) is 4.79 Å². The number of rotatable bonds is 2. The third kappa shape index (κ3) is 2.53. The van der Waals surface area contributed by atoms with Crippen molar-refractivity contribution in [3.8, 4) is 11.8 Å². The molecule has 0 aromatic carbocycles. The van der Waals surface area contributed by atoms with E-state index in [2.05, 4.69) is 11.8 Å². The number of amides is 3. The summed E-state index contributed by atoms with van der Waals surface area (Å²) in [6.07, 6.45) is 0.